The Balaban J connectivity index is 1.75. The number of pyridine rings is 1. The summed E-state index contributed by atoms with van der Waals surface area (Å²) in [7, 11) is 0. The number of anilines is 1. The Morgan fingerprint density at radius 2 is 2.08 bits per heavy atom. The molecule has 0 N–H and O–H groups in total. The second-order valence-electron chi connectivity index (χ2n) is 6.19. The topological polar surface area (TPSA) is 77.3 Å². The fourth-order valence-corrected chi connectivity index (χ4v) is 3.04. The van der Waals surface area contributed by atoms with Crippen LogP contribution in [0.1, 0.15) is 35.2 Å². The number of carbonyl (C=O) groups is 2. The van der Waals surface area contributed by atoms with Crippen LogP contribution in [0.15, 0.2) is 48.8 Å². The SMILES string of the molecule is N#CCCN(Cc1cccnc1)C(=O)c1ccc(N2CCCC2=O)cc1. The summed E-state index contributed by atoms with van der Waals surface area (Å²) in [5, 5.41) is 8.88. The van der Waals surface area contributed by atoms with Crippen molar-refractivity contribution in [3.63, 3.8) is 0 Å². The highest BCUT2D eigenvalue weighted by Crippen LogP contribution is 2.22. The maximum absolute atomic E-state index is 12.9. The van der Waals surface area contributed by atoms with Crippen molar-refractivity contribution in [1.82, 2.24) is 9.88 Å². The minimum absolute atomic E-state index is 0.122. The number of nitriles is 1. The molecule has 0 aliphatic carbocycles. The van der Waals surface area contributed by atoms with Crippen molar-refractivity contribution in [3.8, 4) is 6.07 Å². The fraction of sp³-hybridized carbons (Fsp3) is 0.300. The second-order valence-corrected chi connectivity index (χ2v) is 6.19. The Bertz CT molecular complexity index is 812. The molecule has 0 bridgehead atoms. The number of hydrogen-bond acceptors (Lipinski definition) is 4. The third-order valence-electron chi connectivity index (χ3n) is 4.38. The normalized spacial score (nSPS) is 13.5. The van der Waals surface area contributed by atoms with E-state index in [1.807, 2.05) is 24.3 Å². The zero-order valence-electron chi connectivity index (χ0n) is 14.5. The van der Waals surface area contributed by atoms with Gasteiger partial charge in [-0.1, -0.05) is 6.07 Å². The van der Waals surface area contributed by atoms with Crippen molar-refractivity contribution in [2.45, 2.75) is 25.8 Å². The molecular formula is C20H20N4O2. The van der Waals surface area contributed by atoms with Gasteiger partial charge in [0.15, 0.2) is 0 Å². The molecule has 3 rings (SSSR count). The van der Waals surface area contributed by atoms with Crippen LogP contribution in [0.3, 0.4) is 0 Å². The zero-order chi connectivity index (χ0) is 18.4. The molecule has 1 aromatic carbocycles. The van der Waals surface area contributed by atoms with Crippen molar-refractivity contribution < 1.29 is 9.59 Å². The predicted octanol–water partition coefficient (Wildman–Crippen LogP) is 2.76. The van der Waals surface area contributed by atoms with Crippen LogP contribution < -0.4 is 4.90 Å². The molecule has 0 radical (unpaired) electrons. The third kappa shape index (κ3) is 4.06. The second kappa shape index (κ2) is 8.26. The first-order chi connectivity index (χ1) is 12.7. The van der Waals surface area contributed by atoms with Crippen molar-refractivity contribution in [3.05, 3.63) is 59.9 Å². The monoisotopic (exact) mass is 348 g/mol. The molecule has 2 aromatic rings. The van der Waals surface area contributed by atoms with E-state index in [-0.39, 0.29) is 18.2 Å². The highest BCUT2D eigenvalue weighted by Gasteiger charge is 2.22. The van der Waals surface area contributed by atoms with Crippen LogP contribution in [0.4, 0.5) is 5.69 Å². The highest BCUT2D eigenvalue weighted by molar-refractivity contribution is 5.97. The quantitative estimate of drug-likeness (QED) is 0.804. The van der Waals surface area contributed by atoms with Crippen LogP contribution in [-0.4, -0.2) is 34.8 Å². The standard InChI is InChI=1S/C20H20N4O2/c21-10-3-12-23(15-16-4-1-11-22-14-16)20(26)17-6-8-18(9-7-17)24-13-2-5-19(24)25/h1,4,6-9,11,14H,2-3,5,12-13,15H2. The largest absolute Gasteiger partial charge is 0.333 e. The summed E-state index contributed by atoms with van der Waals surface area (Å²) < 4.78 is 0. The minimum Gasteiger partial charge on any atom is -0.333 e. The van der Waals surface area contributed by atoms with E-state index in [2.05, 4.69) is 11.1 Å². The van der Waals surface area contributed by atoms with Crippen LogP contribution >= 0.6 is 0 Å². The molecule has 1 saturated heterocycles. The van der Waals surface area contributed by atoms with Crippen molar-refractivity contribution in [1.29, 1.82) is 5.26 Å². The smallest absolute Gasteiger partial charge is 0.254 e. The van der Waals surface area contributed by atoms with Crippen LogP contribution in [0.2, 0.25) is 0 Å². The molecular weight excluding hydrogens is 328 g/mol. The van der Waals surface area contributed by atoms with Gasteiger partial charge in [-0.25, -0.2) is 0 Å². The van der Waals surface area contributed by atoms with Gasteiger partial charge in [-0.15, -0.1) is 0 Å². The Hall–Kier alpha value is -3.20. The number of rotatable bonds is 6. The molecule has 0 atom stereocenters. The summed E-state index contributed by atoms with van der Waals surface area (Å²) in [6.45, 7) is 1.48. The van der Waals surface area contributed by atoms with Gasteiger partial charge in [-0.2, -0.15) is 5.26 Å². The first-order valence-electron chi connectivity index (χ1n) is 8.64. The van der Waals surface area contributed by atoms with Gasteiger partial charge in [0.25, 0.3) is 5.91 Å². The summed E-state index contributed by atoms with van der Waals surface area (Å²) in [6, 6.07) is 12.9. The molecule has 1 aromatic heterocycles. The van der Waals surface area contributed by atoms with E-state index < -0.39 is 0 Å². The Kier molecular flexibility index (Phi) is 5.59. The molecule has 132 valence electrons. The Morgan fingerprint density at radius 1 is 1.27 bits per heavy atom. The van der Waals surface area contributed by atoms with E-state index in [1.54, 1.807) is 34.3 Å². The molecule has 6 heteroatoms. The summed E-state index contributed by atoms with van der Waals surface area (Å²) in [5.41, 5.74) is 2.28. The van der Waals surface area contributed by atoms with E-state index >= 15 is 0 Å². The number of hydrogen-bond donors (Lipinski definition) is 0. The van der Waals surface area contributed by atoms with E-state index in [1.165, 1.54) is 0 Å². The lowest BCUT2D eigenvalue weighted by molar-refractivity contribution is -0.117. The lowest BCUT2D eigenvalue weighted by atomic mass is 10.1. The van der Waals surface area contributed by atoms with Crippen LogP contribution in [0.25, 0.3) is 0 Å². The van der Waals surface area contributed by atoms with E-state index in [9.17, 15) is 9.59 Å². The average Bonchev–Trinajstić information content (AvgIpc) is 3.11. The molecule has 0 spiro atoms. The molecule has 0 saturated carbocycles. The molecule has 2 amide bonds. The van der Waals surface area contributed by atoms with Gasteiger partial charge >= 0.3 is 0 Å². The zero-order valence-corrected chi connectivity index (χ0v) is 14.5. The van der Waals surface area contributed by atoms with Crippen LogP contribution in [0, 0.1) is 11.3 Å². The first kappa shape index (κ1) is 17.6. The van der Waals surface area contributed by atoms with Crippen LogP contribution in [0.5, 0.6) is 0 Å². The third-order valence-corrected chi connectivity index (χ3v) is 4.38. The van der Waals surface area contributed by atoms with Crippen molar-refractivity contribution in [2.75, 3.05) is 18.0 Å². The summed E-state index contributed by atoms with van der Waals surface area (Å²) in [4.78, 5) is 32.2. The van der Waals surface area contributed by atoms with E-state index in [4.69, 9.17) is 5.26 Å². The van der Waals surface area contributed by atoms with Gasteiger partial charge in [-0.3, -0.25) is 14.6 Å². The number of aromatic nitrogens is 1. The van der Waals surface area contributed by atoms with Gasteiger partial charge in [-0.05, 0) is 42.3 Å². The Labute approximate surface area is 152 Å². The predicted molar refractivity (Wildman–Crippen MR) is 97.2 cm³/mol. The van der Waals surface area contributed by atoms with Gasteiger partial charge < -0.3 is 9.80 Å². The van der Waals surface area contributed by atoms with E-state index in [0.717, 1.165) is 24.2 Å². The first-order valence-corrected chi connectivity index (χ1v) is 8.64. The van der Waals surface area contributed by atoms with Gasteiger partial charge in [0.2, 0.25) is 5.91 Å². The average molecular weight is 348 g/mol. The summed E-state index contributed by atoms with van der Waals surface area (Å²) in [6.07, 6.45) is 5.12. The van der Waals surface area contributed by atoms with Gasteiger partial charge in [0.1, 0.15) is 0 Å². The molecule has 1 aliphatic rings. The molecule has 6 nitrogen and oxygen atoms in total. The molecule has 0 unspecified atom stereocenters. The molecule has 2 heterocycles. The fourth-order valence-electron chi connectivity index (χ4n) is 3.04. The molecule has 26 heavy (non-hydrogen) atoms. The van der Waals surface area contributed by atoms with E-state index in [0.29, 0.717) is 25.1 Å². The molecule has 1 fully saturated rings. The minimum atomic E-state index is -0.136. The van der Waals surface area contributed by atoms with Gasteiger partial charge in [0.05, 0.1) is 12.5 Å². The van der Waals surface area contributed by atoms with Gasteiger partial charge in [0, 0.05) is 49.7 Å². The van der Waals surface area contributed by atoms with Crippen LogP contribution in [-0.2, 0) is 11.3 Å². The Morgan fingerprint density at radius 3 is 2.69 bits per heavy atom. The van der Waals surface area contributed by atoms with Crippen molar-refractivity contribution >= 4 is 17.5 Å². The lowest BCUT2D eigenvalue weighted by Gasteiger charge is -2.22. The number of carbonyl (C=O) groups excluding carboxylic acids is 2. The number of amides is 2. The maximum Gasteiger partial charge on any atom is 0.254 e. The lowest BCUT2D eigenvalue weighted by Crippen LogP contribution is -2.31. The summed E-state index contributed by atoms with van der Waals surface area (Å²) >= 11 is 0. The number of benzene rings is 1. The molecule has 1 aliphatic heterocycles. The highest BCUT2D eigenvalue weighted by atomic mass is 16.2. The maximum atomic E-state index is 12.9. The van der Waals surface area contributed by atoms with Crippen molar-refractivity contribution in [2.24, 2.45) is 0 Å². The summed E-state index contributed by atoms with van der Waals surface area (Å²) in [5.74, 6) is -0.0142. The number of nitrogens with zero attached hydrogens (tertiary/aromatic N) is 4.